The lowest BCUT2D eigenvalue weighted by molar-refractivity contribution is -0.138. The molecule has 7 nitrogen and oxygen atoms in total. The molecule has 1 saturated heterocycles. The number of aliphatic carboxylic acids is 1. The summed E-state index contributed by atoms with van der Waals surface area (Å²) in [6.07, 6.45) is 3.21. The summed E-state index contributed by atoms with van der Waals surface area (Å²) in [4.78, 5) is 22.0. The van der Waals surface area contributed by atoms with E-state index in [-0.39, 0.29) is 12.3 Å². The van der Waals surface area contributed by atoms with Gasteiger partial charge in [-0.3, -0.25) is 9.59 Å². The van der Waals surface area contributed by atoms with E-state index in [0.717, 1.165) is 17.5 Å². The van der Waals surface area contributed by atoms with Gasteiger partial charge in [-0.05, 0) is 12.1 Å². The molecule has 1 amide bonds. The highest BCUT2D eigenvalue weighted by molar-refractivity contribution is 8.15. The molecule has 0 spiro atoms. The van der Waals surface area contributed by atoms with Crippen LogP contribution in [0.15, 0.2) is 28.5 Å². The van der Waals surface area contributed by atoms with Crippen LogP contribution in [0, 0.1) is 0 Å². The van der Waals surface area contributed by atoms with Crippen LogP contribution in [0.5, 0.6) is 0 Å². The predicted molar refractivity (Wildman–Crippen MR) is 72.2 cm³/mol. The van der Waals surface area contributed by atoms with Crippen molar-refractivity contribution in [3.63, 3.8) is 0 Å². The highest BCUT2D eigenvalue weighted by atomic mass is 32.2. The van der Waals surface area contributed by atoms with E-state index in [0.29, 0.717) is 5.17 Å². The van der Waals surface area contributed by atoms with Gasteiger partial charge in [0.2, 0.25) is 5.91 Å². The van der Waals surface area contributed by atoms with Gasteiger partial charge in [0.25, 0.3) is 0 Å². The molecule has 100 valence electrons. The minimum absolute atomic E-state index is 0.225. The maximum atomic E-state index is 11.4. The number of amides is 1. The van der Waals surface area contributed by atoms with Crippen LogP contribution in [0.1, 0.15) is 12.1 Å². The standard InChI is InChI=1S/C11H12N4O3S/c1-15-4-2-3-7(15)6-12-14-11-13-10(18)8(19-11)5-9(16)17/h2-4,6,8H,5H2,1H3,(H,16,17)(H,13,14,18). The molecule has 0 aromatic carbocycles. The van der Waals surface area contributed by atoms with Gasteiger partial charge in [0.05, 0.1) is 18.3 Å². The quantitative estimate of drug-likeness (QED) is 0.617. The first-order chi connectivity index (χ1) is 9.06. The van der Waals surface area contributed by atoms with Crippen molar-refractivity contribution in [3.05, 3.63) is 24.0 Å². The highest BCUT2D eigenvalue weighted by Gasteiger charge is 2.32. The van der Waals surface area contributed by atoms with E-state index in [1.54, 1.807) is 6.21 Å². The molecule has 0 radical (unpaired) electrons. The lowest BCUT2D eigenvalue weighted by Gasteiger charge is -1.97. The van der Waals surface area contributed by atoms with Gasteiger partial charge in [-0.1, -0.05) is 11.8 Å². The fourth-order valence-electron chi connectivity index (χ4n) is 1.49. The Morgan fingerprint density at radius 1 is 1.68 bits per heavy atom. The summed E-state index contributed by atoms with van der Waals surface area (Å²) >= 11 is 1.08. The molecule has 1 aliphatic heterocycles. The maximum absolute atomic E-state index is 11.4. The fraction of sp³-hybridized carbons (Fsp3) is 0.273. The molecule has 1 atom stereocenters. The number of hydrogen-bond acceptors (Lipinski definition) is 5. The molecule has 1 unspecified atom stereocenters. The Morgan fingerprint density at radius 3 is 3.11 bits per heavy atom. The second-order valence-corrected chi connectivity index (χ2v) is 5.08. The first-order valence-corrected chi connectivity index (χ1v) is 6.36. The molecule has 0 aliphatic carbocycles. The molecule has 1 aliphatic rings. The third-order valence-corrected chi connectivity index (χ3v) is 3.53. The lowest BCUT2D eigenvalue weighted by Crippen LogP contribution is -2.26. The fourth-order valence-corrected chi connectivity index (χ4v) is 2.41. The van der Waals surface area contributed by atoms with E-state index in [9.17, 15) is 9.59 Å². The van der Waals surface area contributed by atoms with Crippen molar-refractivity contribution in [2.75, 3.05) is 0 Å². The monoisotopic (exact) mass is 280 g/mol. The molecule has 2 N–H and O–H groups in total. The molecule has 2 heterocycles. The van der Waals surface area contributed by atoms with Gasteiger partial charge in [-0.25, -0.2) is 0 Å². The summed E-state index contributed by atoms with van der Waals surface area (Å²) in [5, 5.41) is 18.5. The Hall–Kier alpha value is -2.09. The average Bonchev–Trinajstić information content (AvgIpc) is 2.87. The van der Waals surface area contributed by atoms with Crippen molar-refractivity contribution in [1.82, 2.24) is 9.88 Å². The minimum Gasteiger partial charge on any atom is -0.481 e. The van der Waals surface area contributed by atoms with E-state index in [1.165, 1.54) is 0 Å². The van der Waals surface area contributed by atoms with Crippen molar-refractivity contribution in [2.24, 2.45) is 17.3 Å². The zero-order valence-corrected chi connectivity index (χ0v) is 10.9. The number of aryl methyl sites for hydroxylation is 1. The number of carbonyl (C=O) groups excluding carboxylic acids is 1. The van der Waals surface area contributed by atoms with E-state index < -0.39 is 11.2 Å². The summed E-state index contributed by atoms with van der Waals surface area (Å²) in [5.74, 6) is -1.36. The molecule has 2 rings (SSSR count). The van der Waals surface area contributed by atoms with Crippen molar-refractivity contribution in [2.45, 2.75) is 11.7 Å². The molecule has 8 heteroatoms. The van der Waals surface area contributed by atoms with Gasteiger partial charge >= 0.3 is 5.97 Å². The van der Waals surface area contributed by atoms with Crippen LogP contribution in [0.4, 0.5) is 0 Å². The van der Waals surface area contributed by atoms with Crippen LogP contribution in [-0.2, 0) is 16.6 Å². The normalized spacial score (nSPS) is 21.2. The Balaban J connectivity index is 1.98. The maximum Gasteiger partial charge on any atom is 0.305 e. The Morgan fingerprint density at radius 2 is 2.47 bits per heavy atom. The van der Waals surface area contributed by atoms with Crippen molar-refractivity contribution in [3.8, 4) is 0 Å². The zero-order valence-electron chi connectivity index (χ0n) is 10.1. The largest absolute Gasteiger partial charge is 0.481 e. The molecule has 19 heavy (non-hydrogen) atoms. The Bertz CT molecular complexity index is 564. The van der Waals surface area contributed by atoms with Crippen LogP contribution in [0.2, 0.25) is 0 Å². The summed E-state index contributed by atoms with van der Waals surface area (Å²) < 4.78 is 1.87. The first kappa shape index (κ1) is 13.3. The molecule has 1 aromatic heterocycles. The number of nitrogens with zero attached hydrogens (tertiary/aromatic N) is 3. The summed E-state index contributed by atoms with van der Waals surface area (Å²) in [6, 6.07) is 3.75. The Labute approximate surface area is 113 Å². The molecule has 0 bridgehead atoms. The number of carboxylic acid groups (broad SMARTS) is 1. The van der Waals surface area contributed by atoms with Crippen LogP contribution < -0.4 is 5.32 Å². The molecule has 1 aromatic rings. The number of carboxylic acids is 1. The zero-order chi connectivity index (χ0) is 13.8. The third kappa shape index (κ3) is 3.44. The lowest BCUT2D eigenvalue weighted by atomic mass is 10.3. The molecule has 0 saturated carbocycles. The van der Waals surface area contributed by atoms with Crippen molar-refractivity contribution in [1.29, 1.82) is 0 Å². The predicted octanol–water partition coefficient (Wildman–Crippen LogP) is 0.421. The van der Waals surface area contributed by atoms with Gasteiger partial charge in [0.15, 0.2) is 5.17 Å². The number of amidine groups is 1. The van der Waals surface area contributed by atoms with Gasteiger partial charge in [0.1, 0.15) is 5.25 Å². The second kappa shape index (κ2) is 5.70. The smallest absolute Gasteiger partial charge is 0.305 e. The van der Waals surface area contributed by atoms with Gasteiger partial charge in [-0.2, -0.15) is 5.10 Å². The summed E-state index contributed by atoms with van der Waals surface area (Å²) in [5.41, 5.74) is 0.876. The van der Waals surface area contributed by atoms with Gasteiger partial charge < -0.3 is 15.0 Å². The van der Waals surface area contributed by atoms with Crippen molar-refractivity contribution >= 4 is 35.0 Å². The topological polar surface area (TPSA) is 96.0 Å². The van der Waals surface area contributed by atoms with Crippen molar-refractivity contribution < 1.29 is 14.7 Å². The van der Waals surface area contributed by atoms with Gasteiger partial charge in [0, 0.05) is 13.2 Å². The molecular formula is C11H12N4O3S. The van der Waals surface area contributed by atoms with Gasteiger partial charge in [-0.15, -0.1) is 5.10 Å². The van der Waals surface area contributed by atoms with Crippen LogP contribution in [0.25, 0.3) is 0 Å². The van der Waals surface area contributed by atoms with Crippen LogP contribution in [0.3, 0.4) is 0 Å². The number of rotatable bonds is 4. The number of nitrogens with one attached hydrogen (secondary N) is 1. The number of aromatic nitrogens is 1. The summed E-state index contributed by atoms with van der Waals surface area (Å²) in [7, 11) is 1.88. The minimum atomic E-state index is -1.01. The number of carbonyl (C=O) groups is 2. The molecule has 1 fully saturated rings. The average molecular weight is 280 g/mol. The first-order valence-electron chi connectivity index (χ1n) is 5.48. The SMILES string of the molecule is Cn1cccc1C=N/N=C1/NC(=O)C(CC(=O)O)S1. The van der Waals surface area contributed by atoms with E-state index >= 15 is 0 Å². The Kier molecular flexibility index (Phi) is 4.00. The van der Waals surface area contributed by atoms with E-state index in [1.807, 2.05) is 29.9 Å². The number of thioether (sulfide) groups is 1. The number of hydrogen-bond donors (Lipinski definition) is 2. The highest BCUT2D eigenvalue weighted by Crippen LogP contribution is 2.22. The molecular weight excluding hydrogens is 268 g/mol. The van der Waals surface area contributed by atoms with E-state index in [2.05, 4.69) is 15.5 Å². The van der Waals surface area contributed by atoms with Crippen LogP contribution in [-0.4, -0.2) is 38.2 Å². The van der Waals surface area contributed by atoms with Crippen LogP contribution >= 0.6 is 11.8 Å². The second-order valence-electron chi connectivity index (χ2n) is 3.89. The van der Waals surface area contributed by atoms with E-state index in [4.69, 9.17) is 5.11 Å². The summed E-state index contributed by atoms with van der Waals surface area (Å²) in [6.45, 7) is 0. The third-order valence-electron chi connectivity index (χ3n) is 2.46.